The summed E-state index contributed by atoms with van der Waals surface area (Å²) in [5.74, 6) is 0.505. The number of benzene rings is 1. The molecule has 1 aromatic carbocycles. The minimum atomic E-state index is -0.255. The third kappa shape index (κ3) is 4.32. The minimum absolute atomic E-state index is 0.199. The highest BCUT2D eigenvalue weighted by Crippen LogP contribution is 2.29. The minimum Gasteiger partial charge on any atom is -0.391 e. The van der Waals surface area contributed by atoms with Gasteiger partial charge in [-0.2, -0.15) is 5.26 Å². The molecule has 4 rings (SSSR count). The Balaban J connectivity index is 1.25. The Morgan fingerprint density at radius 3 is 2.63 bits per heavy atom. The van der Waals surface area contributed by atoms with Crippen LogP contribution in [0, 0.1) is 17.2 Å². The van der Waals surface area contributed by atoms with Crippen molar-refractivity contribution in [2.75, 3.05) is 18.0 Å². The van der Waals surface area contributed by atoms with Crippen LogP contribution < -0.4 is 10.2 Å². The quantitative estimate of drug-likeness (QED) is 0.849. The topological polar surface area (TPSA) is 77.1 Å². The fraction of sp³-hybridized carbons (Fsp3) is 0.524. The van der Waals surface area contributed by atoms with Crippen LogP contribution in [0.3, 0.4) is 0 Å². The summed E-state index contributed by atoms with van der Waals surface area (Å²) in [6.45, 7) is 2.95. The van der Waals surface area contributed by atoms with Gasteiger partial charge in [-0.05, 0) is 55.9 Å². The Morgan fingerprint density at radius 1 is 1.19 bits per heavy atom. The molecule has 2 aliphatic rings. The SMILES string of the molecule is N#Cc1ccc(N2CCC(N[C@@H]3CC(Cn4ccnc4)C[C@H]3O)CC2)cc1. The van der Waals surface area contributed by atoms with Crippen LogP contribution in [0.2, 0.25) is 0 Å². The van der Waals surface area contributed by atoms with E-state index < -0.39 is 0 Å². The van der Waals surface area contributed by atoms with E-state index in [2.05, 4.69) is 25.8 Å². The number of imidazole rings is 1. The lowest BCUT2D eigenvalue weighted by Gasteiger charge is -2.35. The van der Waals surface area contributed by atoms with Crippen molar-refractivity contribution < 1.29 is 5.11 Å². The zero-order valence-corrected chi connectivity index (χ0v) is 15.5. The normalized spacial score (nSPS) is 26.2. The fourth-order valence-corrected chi connectivity index (χ4v) is 4.49. The number of piperidine rings is 1. The summed E-state index contributed by atoms with van der Waals surface area (Å²) in [4.78, 5) is 6.48. The van der Waals surface area contributed by atoms with Crippen molar-refractivity contribution in [3.05, 3.63) is 48.5 Å². The molecule has 2 heterocycles. The van der Waals surface area contributed by atoms with E-state index in [-0.39, 0.29) is 12.1 Å². The standard InChI is InChI=1S/C21H27N5O/c22-13-16-1-3-19(4-2-16)26-8-5-18(6-9-26)24-20-11-17(12-21(20)27)14-25-10-7-23-15-25/h1-4,7,10,15,17-18,20-21,24,27H,5-6,8-9,11-12,14H2/t17?,20-,21-/m1/s1. The highest BCUT2D eigenvalue weighted by Gasteiger charge is 2.34. The van der Waals surface area contributed by atoms with Crippen molar-refractivity contribution in [2.45, 2.75) is 50.4 Å². The molecule has 0 amide bonds. The summed E-state index contributed by atoms with van der Waals surface area (Å²) in [6, 6.07) is 10.7. The average Bonchev–Trinajstić information content (AvgIpc) is 3.33. The number of aromatic nitrogens is 2. The third-order valence-corrected chi connectivity index (χ3v) is 5.96. The summed E-state index contributed by atoms with van der Waals surface area (Å²) < 4.78 is 2.11. The maximum absolute atomic E-state index is 10.5. The van der Waals surface area contributed by atoms with Gasteiger partial charge in [-0.25, -0.2) is 4.98 Å². The molecule has 1 aliphatic carbocycles. The van der Waals surface area contributed by atoms with Gasteiger partial charge in [0, 0.05) is 49.8 Å². The summed E-state index contributed by atoms with van der Waals surface area (Å²) >= 11 is 0. The first kappa shape index (κ1) is 18.0. The number of aliphatic hydroxyl groups is 1. The van der Waals surface area contributed by atoms with Crippen molar-refractivity contribution >= 4 is 5.69 Å². The van der Waals surface area contributed by atoms with Crippen LogP contribution >= 0.6 is 0 Å². The number of nitriles is 1. The maximum Gasteiger partial charge on any atom is 0.0991 e. The summed E-state index contributed by atoms with van der Waals surface area (Å²) in [7, 11) is 0. The Bertz CT molecular complexity index is 759. The molecule has 27 heavy (non-hydrogen) atoms. The molecular formula is C21H27N5O. The maximum atomic E-state index is 10.5. The summed E-state index contributed by atoms with van der Waals surface area (Å²) in [5.41, 5.74) is 1.89. The van der Waals surface area contributed by atoms with Crippen molar-refractivity contribution in [3.63, 3.8) is 0 Å². The van der Waals surface area contributed by atoms with Crippen molar-refractivity contribution in [3.8, 4) is 6.07 Å². The van der Waals surface area contributed by atoms with Gasteiger partial charge in [0.25, 0.3) is 0 Å². The zero-order valence-electron chi connectivity index (χ0n) is 15.5. The number of nitrogens with zero attached hydrogens (tertiary/aromatic N) is 4. The molecule has 6 heteroatoms. The van der Waals surface area contributed by atoms with Crippen molar-refractivity contribution in [1.82, 2.24) is 14.9 Å². The van der Waals surface area contributed by atoms with Crippen LogP contribution in [0.5, 0.6) is 0 Å². The number of aliphatic hydroxyl groups excluding tert-OH is 1. The highest BCUT2D eigenvalue weighted by molar-refractivity contribution is 5.50. The molecule has 0 radical (unpaired) electrons. The van der Waals surface area contributed by atoms with E-state index >= 15 is 0 Å². The van der Waals surface area contributed by atoms with Gasteiger partial charge in [0.05, 0.1) is 24.1 Å². The molecule has 1 aliphatic heterocycles. The Kier molecular flexibility index (Phi) is 5.42. The molecule has 0 spiro atoms. The van der Waals surface area contributed by atoms with Gasteiger partial charge in [0.15, 0.2) is 0 Å². The van der Waals surface area contributed by atoms with Gasteiger partial charge in [0.2, 0.25) is 0 Å². The number of hydrogen-bond acceptors (Lipinski definition) is 5. The van der Waals surface area contributed by atoms with Crippen molar-refractivity contribution in [1.29, 1.82) is 5.26 Å². The first-order valence-corrected chi connectivity index (χ1v) is 9.86. The number of nitrogens with one attached hydrogen (secondary N) is 1. The Morgan fingerprint density at radius 2 is 1.96 bits per heavy atom. The summed E-state index contributed by atoms with van der Waals surface area (Å²) in [5, 5.41) is 23.1. The highest BCUT2D eigenvalue weighted by atomic mass is 16.3. The monoisotopic (exact) mass is 365 g/mol. The molecule has 1 saturated heterocycles. The van der Waals surface area contributed by atoms with E-state index in [9.17, 15) is 5.11 Å². The third-order valence-electron chi connectivity index (χ3n) is 5.96. The Labute approximate surface area is 160 Å². The lowest BCUT2D eigenvalue weighted by atomic mass is 10.0. The van der Waals surface area contributed by atoms with Crippen LogP contribution in [-0.2, 0) is 6.54 Å². The average molecular weight is 365 g/mol. The van der Waals surface area contributed by atoms with E-state index in [1.54, 1.807) is 0 Å². The molecular weight excluding hydrogens is 338 g/mol. The molecule has 2 aromatic rings. The second-order valence-corrected chi connectivity index (χ2v) is 7.86. The van der Waals surface area contributed by atoms with Crippen LogP contribution in [0.4, 0.5) is 5.69 Å². The van der Waals surface area contributed by atoms with E-state index in [1.165, 1.54) is 5.69 Å². The second-order valence-electron chi connectivity index (χ2n) is 7.86. The lowest BCUT2D eigenvalue weighted by molar-refractivity contribution is 0.137. The van der Waals surface area contributed by atoms with Gasteiger partial charge >= 0.3 is 0 Å². The molecule has 1 aromatic heterocycles. The number of anilines is 1. The largest absolute Gasteiger partial charge is 0.391 e. The first-order valence-electron chi connectivity index (χ1n) is 9.86. The zero-order chi connectivity index (χ0) is 18.6. The predicted octanol–water partition coefficient (Wildman–Crippen LogP) is 2.15. The fourth-order valence-electron chi connectivity index (χ4n) is 4.49. The molecule has 2 N–H and O–H groups in total. The van der Waals surface area contributed by atoms with E-state index in [4.69, 9.17) is 5.26 Å². The van der Waals surface area contributed by atoms with E-state index in [0.717, 1.165) is 45.3 Å². The van der Waals surface area contributed by atoms with Gasteiger partial charge in [-0.1, -0.05) is 0 Å². The van der Waals surface area contributed by atoms with Crippen molar-refractivity contribution in [2.24, 2.45) is 5.92 Å². The molecule has 0 bridgehead atoms. The van der Waals surface area contributed by atoms with Gasteiger partial charge < -0.3 is 19.9 Å². The summed E-state index contributed by atoms with van der Waals surface area (Å²) in [6.07, 6.45) is 9.44. The predicted molar refractivity (Wildman–Crippen MR) is 104 cm³/mol. The van der Waals surface area contributed by atoms with Crippen LogP contribution in [0.1, 0.15) is 31.2 Å². The molecule has 142 valence electrons. The van der Waals surface area contributed by atoms with Gasteiger partial charge in [-0.3, -0.25) is 0 Å². The van der Waals surface area contributed by atoms with E-state index in [0.29, 0.717) is 17.5 Å². The van der Waals surface area contributed by atoms with Gasteiger partial charge in [-0.15, -0.1) is 0 Å². The number of rotatable bonds is 5. The molecule has 2 fully saturated rings. The smallest absolute Gasteiger partial charge is 0.0991 e. The second kappa shape index (κ2) is 8.12. The lowest BCUT2D eigenvalue weighted by Crippen LogP contribution is -2.48. The number of hydrogen-bond donors (Lipinski definition) is 2. The molecule has 6 nitrogen and oxygen atoms in total. The van der Waals surface area contributed by atoms with Crippen LogP contribution in [-0.4, -0.2) is 45.9 Å². The first-order chi connectivity index (χ1) is 13.2. The Hall–Kier alpha value is -2.36. The molecule has 1 unspecified atom stereocenters. The van der Waals surface area contributed by atoms with Crippen LogP contribution in [0.25, 0.3) is 0 Å². The van der Waals surface area contributed by atoms with E-state index in [1.807, 2.05) is 43.0 Å². The van der Waals surface area contributed by atoms with Crippen LogP contribution in [0.15, 0.2) is 43.0 Å². The van der Waals surface area contributed by atoms with Gasteiger partial charge in [0.1, 0.15) is 0 Å². The molecule has 3 atom stereocenters. The molecule has 1 saturated carbocycles.